The second-order valence-electron chi connectivity index (χ2n) is 6.47. The highest BCUT2D eigenvalue weighted by Crippen LogP contribution is 2.41. The lowest BCUT2D eigenvalue weighted by Gasteiger charge is -2.40. The predicted molar refractivity (Wildman–Crippen MR) is 86.0 cm³/mol. The SMILES string of the molecule is CCOC(=O)N1CCN(C2=NC3(CCCC3)C(C#N)C(=O)N2)CC1. The molecule has 0 aromatic rings. The normalized spacial score (nSPS) is 25.9. The third-order valence-corrected chi connectivity index (χ3v) is 5.07. The van der Waals surface area contributed by atoms with E-state index < -0.39 is 11.5 Å². The molecule has 1 atom stereocenters. The Bertz CT molecular complexity index is 583. The Morgan fingerprint density at radius 2 is 2.04 bits per heavy atom. The molecule has 8 heteroatoms. The Kier molecular flexibility index (Phi) is 4.60. The lowest BCUT2D eigenvalue weighted by molar-refractivity contribution is -0.124. The predicted octanol–water partition coefficient (Wildman–Crippen LogP) is 0.699. The molecule has 1 unspecified atom stereocenters. The molecule has 1 saturated heterocycles. The van der Waals surface area contributed by atoms with Crippen molar-refractivity contribution < 1.29 is 14.3 Å². The Hall–Kier alpha value is -2.30. The van der Waals surface area contributed by atoms with Gasteiger partial charge in [-0.15, -0.1) is 0 Å². The number of carbonyl (C=O) groups is 2. The van der Waals surface area contributed by atoms with Gasteiger partial charge in [0.15, 0.2) is 5.92 Å². The minimum atomic E-state index is -0.704. The van der Waals surface area contributed by atoms with E-state index >= 15 is 0 Å². The molecule has 2 heterocycles. The maximum atomic E-state index is 12.4. The van der Waals surface area contributed by atoms with Gasteiger partial charge in [-0.3, -0.25) is 10.1 Å². The average molecular weight is 333 g/mol. The van der Waals surface area contributed by atoms with E-state index in [1.54, 1.807) is 11.8 Å². The number of nitrogens with one attached hydrogen (secondary N) is 1. The zero-order valence-electron chi connectivity index (χ0n) is 14.0. The van der Waals surface area contributed by atoms with Crippen molar-refractivity contribution in [3.63, 3.8) is 0 Å². The Labute approximate surface area is 141 Å². The van der Waals surface area contributed by atoms with Gasteiger partial charge < -0.3 is 14.5 Å². The largest absolute Gasteiger partial charge is 0.450 e. The third kappa shape index (κ3) is 2.90. The van der Waals surface area contributed by atoms with E-state index in [2.05, 4.69) is 11.4 Å². The summed E-state index contributed by atoms with van der Waals surface area (Å²) in [6, 6.07) is 2.14. The van der Waals surface area contributed by atoms with Crippen molar-refractivity contribution in [2.24, 2.45) is 10.9 Å². The quantitative estimate of drug-likeness (QED) is 0.761. The highest BCUT2D eigenvalue weighted by Gasteiger charge is 2.49. The van der Waals surface area contributed by atoms with Crippen molar-refractivity contribution in [3.8, 4) is 6.07 Å². The number of piperazine rings is 1. The zero-order chi connectivity index (χ0) is 17.2. The second kappa shape index (κ2) is 6.67. The molecule has 3 aliphatic rings. The zero-order valence-corrected chi connectivity index (χ0v) is 14.0. The maximum Gasteiger partial charge on any atom is 0.409 e. The molecule has 24 heavy (non-hydrogen) atoms. The van der Waals surface area contributed by atoms with Crippen molar-refractivity contribution in [2.45, 2.75) is 38.1 Å². The summed E-state index contributed by atoms with van der Waals surface area (Å²) in [6.07, 6.45) is 3.26. The molecular formula is C16H23N5O3. The first-order chi connectivity index (χ1) is 11.6. The summed E-state index contributed by atoms with van der Waals surface area (Å²) < 4.78 is 5.02. The van der Waals surface area contributed by atoms with Crippen LogP contribution in [0.1, 0.15) is 32.6 Å². The van der Waals surface area contributed by atoms with E-state index in [4.69, 9.17) is 9.73 Å². The highest BCUT2D eigenvalue weighted by atomic mass is 16.6. The molecule has 0 aromatic heterocycles. The van der Waals surface area contributed by atoms with E-state index in [0.717, 1.165) is 25.7 Å². The molecule has 1 aliphatic carbocycles. The summed E-state index contributed by atoms with van der Waals surface area (Å²) in [7, 11) is 0. The number of amides is 2. The molecule has 1 spiro atoms. The van der Waals surface area contributed by atoms with E-state index in [9.17, 15) is 14.9 Å². The fourth-order valence-corrected chi connectivity index (χ4v) is 3.76. The molecule has 0 aromatic carbocycles. The van der Waals surface area contributed by atoms with Crippen molar-refractivity contribution in [3.05, 3.63) is 0 Å². The summed E-state index contributed by atoms with van der Waals surface area (Å²) in [6.45, 7) is 4.38. The monoisotopic (exact) mass is 333 g/mol. The van der Waals surface area contributed by atoms with Crippen LogP contribution >= 0.6 is 0 Å². The lowest BCUT2D eigenvalue weighted by atomic mass is 9.82. The molecule has 1 saturated carbocycles. The summed E-state index contributed by atoms with van der Waals surface area (Å²) in [5.74, 6) is -0.404. The highest BCUT2D eigenvalue weighted by molar-refractivity contribution is 6.02. The average Bonchev–Trinajstić information content (AvgIpc) is 3.03. The van der Waals surface area contributed by atoms with Gasteiger partial charge in [-0.1, -0.05) is 12.8 Å². The van der Waals surface area contributed by atoms with Crippen LogP contribution in [0.3, 0.4) is 0 Å². The second-order valence-corrected chi connectivity index (χ2v) is 6.47. The van der Waals surface area contributed by atoms with Gasteiger partial charge in [-0.25, -0.2) is 9.79 Å². The van der Waals surface area contributed by atoms with Gasteiger partial charge in [0.25, 0.3) is 0 Å². The number of nitriles is 1. The van der Waals surface area contributed by atoms with Crippen LogP contribution in [0.5, 0.6) is 0 Å². The van der Waals surface area contributed by atoms with E-state index in [-0.39, 0.29) is 12.0 Å². The van der Waals surface area contributed by atoms with Crippen molar-refractivity contribution in [1.82, 2.24) is 15.1 Å². The first-order valence-electron chi connectivity index (χ1n) is 8.56. The third-order valence-electron chi connectivity index (χ3n) is 5.07. The minimum absolute atomic E-state index is 0.253. The number of hydrogen-bond donors (Lipinski definition) is 1. The van der Waals surface area contributed by atoms with Gasteiger partial charge in [0.05, 0.1) is 18.2 Å². The van der Waals surface area contributed by atoms with Crippen molar-refractivity contribution in [2.75, 3.05) is 32.8 Å². The lowest BCUT2D eigenvalue weighted by Crippen LogP contribution is -2.60. The van der Waals surface area contributed by atoms with Gasteiger partial charge >= 0.3 is 6.09 Å². The maximum absolute atomic E-state index is 12.4. The number of aliphatic imine (C=N–C) groups is 1. The first-order valence-corrected chi connectivity index (χ1v) is 8.56. The van der Waals surface area contributed by atoms with Gasteiger partial charge in [0.2, 0.25) is 11.9 Å². The smallest absolute Gasteiger partial charge is 0.409 e. The molecule has 8 nitrogen and oxygen atoms in total. The fourth-order valence-electron chi connectivity index (χ4n) is 3.76. The minimum Gasteiger partial charge on any atom is -0.450 e. The number of ether oxygens (including phenoxy) is 1. The standard InChI is InChI=1S/C16H23N5O3/c1-2-24-15(23)21-9-7-20(8-10-21)14-18-13(22)12(11-17)16(19-14)5-3-4-6-16/h12H,2-10H2,1H3,(H,18,19,22). The Morgan fingerprint density at radius 3 is 2.62 bits per heavy atom. The number of rotatable bonds is 1. The van der Waals surface area contributed by atoms with Crippen LogP contribution in [0, 0.1) is 17.2 Å². The van der Waals surface area contributed by atoms with Gasteiger partial charge in [-0.2, -0.15) is 5.26 Å². The van der Waals surface area contributed by atoms with Crippen LogP contribution in [-0.4, -0.2) is 66.1 Å². The molecule has 2 aliphatic heterocycles. The van der Waals surface area contributed by atoms with Crippen molar-refractivity contribution >= 4 is 18.0 Å². The molecule has 2 amide bonds. The number of nitrogens with zero attached hydrogens (tertiary/aromatic N) is 4. The Balaban J connectivity index is 1.71. The number of carbonyl (C=O) groups excluding carboxylic acids is 2. The van der Waals surface area contributed by atoms with E-state index in [0.29, 0.717) is 38.7 Å². The molecule has 2 fully saturated rings. The van der Waals surface area contributed by atoms with Gasteiger partial charge in [0.1, 0.15) is 0 Å². The number of hydrogen-bond acceptors (Lipinski definition) is 6. The van der Waals surface area contributed by atoms with Crippen LogP contribution < -0.4 is 5.32 Å². The summed E-state index contributed by atoms with van der Waals surface area (Å²) in [5, 5.41) is 12.2. The first kappa shape index (κ1) is 16.6. The molecule has 0 bridgehead atoms. The topological polar surface area (TPSA) is 98.0 Å². The molecule has 1 N–H and O–H groups in total. The van der Waals surface area contributed by atoms with E-state index in [1.165, 1.54) is 0 Å². The molecular weight excluding hydrogens is 310 g/mol. The van der Waals surface area contributed by atoms with Crippen LogP contribution in [0.2, 0.25) is 0 Å². The summed E-state index contributed by atoms with van der Waals surface area (Å²) >= 11 is 0. The van der Waals surface area contributed by atoms with Crippen LogP contribution in [-0.2, 0) is 9.53 Å². The van der Waals surface area contributed by atoms with Gasteiger partial charge in [-0.05, 0) is 19.8 Å². The molecule has 3 rings (SSSR count). The summed E-state index contributed by atoms with van der Waals surface area (Å²) in [4.78, 5) is 32.6. The summed E-state index contributed by atoms with van der Waals surface area (Å²) in [5.41, 5.74) is -0.565. The van der Waals surface area contributed by atoms with Crippen LogP contribution in [0.4, 0.5) is 4.79 Å². The Morgan fingerprint density at radius 1 is 1.38 bits per heavy atom. The van der Waals surface area contributed by atoms with Crippen LogP contribution in [0.25, 0.3) is 0 Å². The van der Waals surface area contributed by atoms with Gasteiger partial charge in [0, 0.05) is 26.2 Å². The van der Waals surface area contributed by atoms with E-state index in [1.807, 2.05) is 4.90 Å². The van der Waals surface area contributed by atoms with Crippen molar-refractivity contribution in [1.29, 1.82) is 5.26 Å². The molecule has 130 valence electrons. The van der Waals surface area contributed by atoms with Crippen LogP contribution in [0.15, 0.2) is 4.99 Å². The fraction of sp³-hybridized carbons (Fsp3) is 0.750. The molecule has 0 radical (unpaired) electrons. The number of guanidine groups is 1.